The Labute approximate surface area is 132 Å². The van der Waals surface area contributed by atoms with E-state index < -0.39 is 0 Å². The highest BCUT2D eigenvalue weighted by Gasteiger charge is 2.08. The van der Waals surface area contributed by atoms with Gasteiger partial charge in [0, 0.05) is 26.1 Å². The maximum absolute atomic E-state index is 13.1. The van der Waals surface area contributed by atoms with Gasteiger partial charge in [-0.1, -0.05) is 6.07 Å². The van der Waals surface area contributed by atoms with Crippen molar-refractivity contribution in [1.82, 2.24) is 29.5 Å². The Morgan fingerprint density at radius 3 is 3.00 bits per heavy atom. The van der Waals surface area contributed by atoms with Crippen LogP contribution in [-0.4, -0.2) is 29.5 Å². The largest absolute Gasteiger partial charge is 0.485 e. The highest BCUT2D eigenvalue weighted by molar-refractivity contribution is 5.22. The number of benzene rings is 1. The summed E-state index contributed by atoms with van der Waals surface area (Å²) in [6.45, 7) is 0.988. The van der Waals surface area contributed by atoms with E-state index in [0.717, 1.165) is 25.2 Å². The van der Waals surface area contributed by atoms with E-state index >= 15 is 0 Å². The summed E-state index contributed by atoms with van der Waals surface area (Å²) in [4.78, 5) is 8.36. The molecular formula is C15H17FN6O. The first kappa shape index (κ1) is 15.1. The Hall–Kier alpha value is -2.77. The maximum atomic E-state index is 13.1. The van der Waals surface area contributed by atoms with Gasteiger partial charge >= 0.3 is 0 Å². The third kappa shape index (κ3) is 4.12. The molecule has 2 heterocycles. The van der Waals surface area contributed by atoms with E-state index in [1.807, 2.05) is 7.05 Å². The number of hydrogen-bond donors (Lipinski definition) is 0. The molecule has 0 aliphatic rings. The van der Waals surface area contributed by atoms with Crippen LogP contribution < -0.4 is 4.74 Å². The molecule has 7 nitrogen and oxygen atoms in total. The number of rotatable bonds is 7. The van der Waals surface area contributed by atoms with E-state index in [-0.39, 0.29) is 12.4 Å². The molecule has 0 saturated carbocycles. The summed E-state index contributed by atoms with van der Waals surface area (Å²) in [7, 11) is 1.85. The highest BCUT2D eigenvalue weighted by Crippen LogP contribution is 2.13. The Balaban J connectivity index is 1.53. The smallest absolute Gasteiger partial charge is 0.188 e. The normalized spacial score (nSPS) is 10.9. The minimum Gasteiger partial charge on any atom is -0.485 e. The lowest BCUT2D eigenvalue weighted by molar-refractivity contribution is 0.294. The topological polar surface area (TPSA) is 70.7 Å². The van der Waals surface area contributed by atoms with E-state index in [0.29, 0.717) is 11.6 Å². The fraction of sp³-hybridized carbons (Fsp3) is 0.333. The highest BCUT2D eigenvalue weighted by atomic mass is 19.1. The van der Waals surface area contributed by atoms with Gasteiger partial charge in [-0.2, -0.15) is 10.2 Å². The number of hydrogen-bond acceptors (Lipinski definition) is 5. The van der Waals surface area contributed by atoms with Crippen LogP contribution in [0.3, 0.4) is 0 Å². The summed E-state index contributed by atoms with van der Waals surface area (Å²) >= 11 is 0. The molecule has 0 atom stereocenters. The minimum absolute atomic E-state index is 0.209. The van der Waals surface area contributed by atoms with Crippen molar-refractivity contribution >= 4 is 0 Å². The van der Waals surface area contributed by atoms with Crippen LogP contribution in [0.15, 0.2) is 36.9 Å². The minimum atomic E-state index is -0.328. The maximum Gasteiger partial charge on any atom is 0.188 e. The van der Waals surface area contributed by atoms with Crippen molar-refractivity contribution in [3.63, 3.8) is 0 Å². The number of aryl methyl sites for hydroxylation is 3. The molecule has 0 saturated heterocycles. The van der Waals surface area contributed by atoms with Crippen LogP contribution in [0.5, 0.6) is 5.75 Å². The fourth-order valence-corrected chi connectivity index (χ4v) is 2.21. The Kier molecular flexibility index (Phi) is 4.60. The molecule has 0 aliphatic heterocycles. The molecule has 1 aromatic carbocycles. The van der Waals surface area contributed by atoms with E-state index in [2.05, 4.69) is 20.2 Å². The van der Waals surface area contributed by atoms with Crippen LogP contribution in [0.2, 0.25) is 0 Å². The lowest BCUT2D eigenvalue weighted by Crippen LogP contribution is -2.04. The van der Waals surface area contributed by atoms with Crippen LogP contribution in [0, 0.1) is 5.82 Å². The zero-order valence-corrected chi connectivity index (χ0v) is 12.8. The molecule has 0 unspecified atom stereocenters. The van der Waals surface area contributed by atoms with Crippen LogP contribution in [0.1, 0.15) is 18.1 Å². The van der Waals surface area contributed by atoms with Crippen LogP contribution >= 0.6 is 0 Å². The molecule has 0 N–H and O–H groups in total. The van der Waals surface area contributed by atoms with Gasteiger partial charge in [-0.25, -0.2) is 14.4 Å². The zero-order valence-electron chi connectivity index (χ0n) is 12.8. The van der Waals surface area contributed by atoms with Gasteiger partial charge in [0.1, 0.15) is 36.7 Å². The molecule has 0 amide bonds. The first-order valence-corrected chi connectivity index (χ1v) is 7.30. The molecule has 23 heavy (non-hydrogen) atoms. The fourth-order valence-electron chi connectivity index (χ4n) is 2.21. The van der Waals surface area contributed by atoms with Gasteiger partial charge in [-0.05, 0) is 18.6 Å². The summed E-state index contributed by atoms with van der Waals surface area (Å²) < 4.78 is 22.1. The standard InChI is InChI=1S/C15H17FN6O/c1-21-15(6-3-7-22-11-17-10-18-22)19-14(20-21)9-23-13-5-2-4-12(16)8-13/h2,4-5,8,10-11H,3,6-7,9H2,1H3. The summed E-state index contributed by atoms with van der Waals surface area (Å²) in [5.74, 6) is 1.59. The Morgan fingerprint density at radius 2 is 2.22 bits per heavy atom. The second-order valence-corrected chi connectivity index (χ2v) is 5.08. The number of aromatic nitrogens is 6. The van der Waals surface area contributed by atoms with Crippen molar-refractivity contribution in [2.45, 2.75) is 26.0 Å². The predicted molar refractivity (Wildman–Crippen MR) is 80.1 cm³/mol. The van der Waals surface area contributed by atoms with Crippen molar-refractivity contribution < 1.29 is 9.13 Å². The molecule has 0 aliphatic carbocycles. The summed E-state index contributed by atoms with van der Waals surface area (Å²) in [5.41, 5.74) is 0. The number of halogens is 1. The number of nitrogens with zero attached hydrogens (tertiary/aromatic N) is 6. The van der Waals surface area contributed by atoms with Crippen molar-refractivity contribution in [3.05, 3.63) is 54.4 Å². The average Bonchev–Trinajstić information content (AvgIpc) is 3.16. The van der Waals surface area contributed by atoms with Crippen molar-refractivity contribution in [1.29, 1.82) is 0 Å². The summed E-state index contributed by atoms with van der Waals surface area (Å²) in [5, 5.41) is 8.37. The molecule has 0 radical (unpaired) electrons. The van der Waals surface area contributed by atoms with E-state index in [4.69, 9.17) is 4.74 Å². The Bertz CT molecular complexity index is 755. The zero-order chi connectivity index (χ0) is 16.1. The molecule has 2 aromatic heterocycles. The summed E-state index contributed by atoms with van der Waals surface area (Å²) in [6.07, 6.45) is 4.88. The van der Waals surface area contributed by atoms with Gasteiger partial charge in [0.15, 0.2) is 5.82 Å². The third-order valence-corrected chi connectivity index (χ3v) is 3.32. The quantitative estimate of drug-likeness (QED) is 0.664. The van der Waals surface area contributed by atoms with Gasteiger partial charge in [0.2, 0.25) is 0 Å². The molecule has 0 bridgehead atoms. The van der Waals surface area contributed by atoms with Crippen LogP contribution in [-0.2, 0) is 26.6 Å². The second-order valence-electron chi connectivity index (χ2n) is 5.08. The van der Waals surface area contributed by atoms with Gasteiger partial charge in [-0.15, -0.1) is 0 Å². The SMILES string of the molecule is Cn1nc(COc2cccc(F)c2)nc1CCCn1cncn1. The predicted octanol–water partition coefficient (Wildman–Crippen LogP) is 1.76. The Morgan fingerprint density at radius 1 is 1.30 bits per heavy atom. The first-order valence-electron chi connectivity index (χ1n) is 7.30. The monoisotopic (exact) mass is 316 g/mol. The van der Waals surface area contributed by atoms with E-state index in [1.54, 1.807) is 27.8 Å². The molecule has 0 spiro atoms. The lowest BCUT2D eigenvalue weighted by Gasteiger charge is -2.02. The second kappa shape index (κ2) is 6.99. The molecule has 3 rings (SSSR count). The third-order valence-electron chi connectivity index (χ3n) is 3.32. The average molecular weight is 316 g/mol. The van der Waals surface area contributed by atoms with Crippen molar-refractivity contribution in [2.24, 2.45) is 7.05 Å². The molecule has 3 aromatic rings. The molecule has 120 valence electrons. The van der Waals surface area contributed by atoms with Crippen molar-refractivity contribution in [3.8, 4) is 5.75 Å². The number of ether oxygens (including phenoxy) is 1. The van der Waals surface area contributed by atoms with Crippen LogP contribution in [0.25, 0.3) is 0 Å². The first-order chi connectivity index (χ1) is 11.2. The van der Waals surface area contributed by atoms with Crippen molar-refractivity contribution in [2.75, 3.05) is 0 Å². The molecule has 8 heteroatoms. The van der Waals surface area contributed by atoms with Gasteiger partial charge in [0.25, 0.3) is 0 Å². The summed E-state index contributed by atoms with van der Waals surface area (Å²) in [6, 6.07) is 6.01. The van der Waals surface area contributed by atoms with E-state index in [9.17, 15) is 4.39 Å². The van der Waals surface area contributed by atoms with Crippen LogP contribution in [0.4, 0.5) is 4.39 Å². The lowest BCUT2D eigenvalue weighted by atomic mass is 10.3. The molecule has 0 fully saturated rings. The van der Waals surface area contributed by atoms with E-state index in [1.165, 1.54) is 18.5 Å². The van der Waals surface area contributed by atoms with Gasteiger partial charge in [0.05, 0.1) is 0 Å². The van der Waals surface area contributed by atoms with Gasteiger partial charge in [-0.3, -0.25) is 9.36 Å². The van der Waals surface area contributed by atoms with Gasteiger partial charge < -0.3 is 4.74 Å². The molecular weight excluding hydrogens is 299 g/mol.